The second kappa shape index (κ2) is 8.95. The molecule has 0 bridgehead atoms. The van der Waals surface area contributed by atoms with Crippen LogP contribution in [0.3, 0.4) is 0 Å². The number of hydrogen-bond acceptors (Lipinski definition) is 4. The summed E-state index contributed by atoms with van der Waals surface area (Å²) in [4.78, 5) is 13.6. The van der Waals surface area contributed by atoms with Crippen LogP contribution in [0.1, 0.15) is 12.8 Å². The number of nitrogens with zero attached hydrogens (tertiary/aromatic N) is 3. The minimum Gasteiger partial charge on any atom is -0.375 e. The smallest absolute Gasteiger partial charge is 0.241 e. The molecule has 1 aromatic carbocycles. The van der Waals surface area contributed by atoms with E-state index in [9.17, 15) is 4.79 Å². The number of nitriles is 2. The maximum Gasteiger partial charge on any atom is 0.241 e. The molecule has 0 spiro atoms. The van der Waals surface area contributed by atoms with Gasteiger partial charge in [0.15, 0.2) is 0 Å². The van der Waals surface area contributed by atoms with Crippen LogP contribution in [0.4, 0.5) is 5.69 Å². The largest absolute Gasteiger partial charge is 0.375 e. The lowest BCUT2D eigenvalue weighted by molar-refractivity contribution is -0.129. The maximum absolute atomic E-state index is 12.1. The van der Waals surface area contributed by atoms with Crippen molar-refractivity contribution in [3.63, 3.8) is 0 Å². The van der Waals surface area contributed by atoms with Crippen LogP contribution in [0.25, 0.3) is 0 Å². The molecule has 0 aliphatic heterocycles. The summed E-state index contributed by atoms with van der Waals surface area (Å²) in [7, 11) is 0. The first kappa shape index (κ1) is 16.0. The summed E-state index contributed by atoms with van der Waals surface area (Å²) in [6.07, 6.45) is 0.540. The fraction of sp³-hybridized carbons (Fsp3) is 0.357. The van der Waals surface area contributed by atoms with Crippen molar-refractivity contribution in [1.29, 1.82) is 10.5 Å². The number of rotatable bonds is 7. The summed E-state index contributed by atoms with van der Waals surface area (Å²) in [6.45, 7) is 0.850. The average molecular weight is 335 g/mol. The minimum absolute atomic E-state index is 0.119. The van der Waals surface area contributed by atoms with Crippen LogP contribution in [0.5, 0.6) is 0 Å². The zero-order chi connectivity index (χ0) is 14.8. The zero-order valence-corrected chi connectivity index (χ0v) is 12.6. The van der Waals surface area contributed by atoms with Gasteiger partial charge in [-0.3, -0.25) is 4.79 Å². The molecule has 0 atom stereocenters. The summed E-state index contributed by atoms with van der Waals surface area (Å²) < 4.78 is 0.883. The lowest BCUT2D eigenvalue weighted by Crippen LogP contribution is -2.37. The predicted octanol–water partition coefficient (Wildman–Crippen LogP) is 2.52. The summed E-state index contributed by atoms with van der Waals surface area (Å²) in [6, 6.07) is 11.5. The molecule has 0 aliphatic rings. The molecule has 0 aliphatic carbocycles. The molecule has 1 aromatic rings. The van der Waals surface area contributed by atoms with Crippen molar-refractivity contribution in [2.75, 3.05) is 25.0 Å². The third kappa shape index (κ3) is 5.29. The Hall–Kier alpha value is -2.05. The van der Waals surface area contributed by atoms with E-state index in [2.05, 4.69) is 21.2 Å². The van der Waals surface area contributed by atoms with Gasteiger partial charge in [0.1, 0.15) is 0 Å². The Morgan fingerprint density at radius 2 is 1.80 bits per heavy atom. The topological polar surface area (TPSA) is 79.9 Å². The molecule has 1 N–H and O–H groups in total. The second-order valence-corrected chi connectivity index (χ2v) is 4.88. The number of anilines is 1. The van der Waals surface area contributed by atoms with Gasteiger partial charge >= 0.3 is 0 Å². The van der Waals surface area contributed by atoms with E-state index in [0.717, 1.165) is 10.2 Å². The molecule has 5 nitrogen and oxygen atoms in total. The molecule has 0 heterocycles. The molecular weight excluding hydrogens is 320 g/mol. The Balaban J connectivity index is 2.55. The molecule has 0 saturated carbocycles. The third-order valence-electron chi connectivity index (χ3n) is 2.64. The van der Waals surface area contributed by atoms with Crippen molar-refractivity contribution in [2.24, 2.45) is 0 Å². The van der Waals surface area contributed by atoms with Crippen LogP contribution in [0, 0.1) is 22.7 Å². The molecule has 0 aromatic heterocycles. The van der Waals surface area contributed by atoms with Gasteiger partial charge in [-0.05, 0) is 28.1 Å². The van der Waals surface area contributed by atoms with E-state index < -0.39 is 0 Å². The van der Waals surface area contributed by atoms with Crippen LogP contribution in [0.2, 0.25) is 0 Å². The summed E-state index contributed by atoms with van der Waals surface area (Å²) >= 11 is 3.39. The van der Waals surface area contributed by atoms with Crippen LogP contribution in [-0.2, 0) is 4.79 Å². The first-order valence-corrected chi connectivity index (χ1v) is 6.98. The molecule has 0 fully saturated rings. The van der Waals surface area contributed by atoms with E-state index >= 15 is 0 Å². The van der Waals surface area contributed by atoms with Gasteiger partial charge in [0.05, 0.1) is 31.5 Å². The number of para-hydroxylation sites is 1. The van der Waals surface area contributed by atoms with E-state index in [1.807, 2.05) is 36.4 Å². The quantitative estimate of drug-likeness (QED) is 0.830. The first-order chi connectivity index (χ1) is 9.69. The number of benzene rings is 1. The molecule has 20 heavy (non-hydrogen) atoms. The van der Waals surface area contributed by atoms with Crippen molar-refractivity contribution < 1.29 is 4.79 Å². The number of amides is 1. The Bertz CT molecular complexity index is 515. The predicted molar refractivity (Wildman–Crippen MR) is 79.7 cm³/mol. The van der Waals surface area contributed by atoms with E-state index in [0.29, 0.717) is 13.1 Å². The normalized spacial score (nSPS) is 9.35. The molecule has 0 unspecified atom stereocenters. The fourth-order valence-electron chi connectivity index (χ4n) is 1.62. The molecule has 1 rings (SSSR count). The monoisotopic (exact) mass is 334 g/mol. The van der Waals surface area contributed by atoms with Gasteiger partial charge in [-0.25, -0.2) is 0 Å². The highest BCUT2D eigenvalue weighted by Crippen LogP contribution is 2.20. The van der Waals surface area contributed by atoms with E-state index in [1.54, 1.807) is 0 Å². The Labute approximate surface area is 126 Å². The lowest BCUT2D eigenvalue weighted by Gasteiger charge is -2.21. The highest BCUT2D eigenvalue weighted by Gasteiger charge is 2.12. The van der Waals surface area contributed by atoms with Gasteiger partial charge in [0, 0.05) is 23.2 Å². The van der Waals surface area contributed by atoms with E-state index in [1.165, 1.54) is 4.90 Å². The first-order valence-electron chi connectivity index (χ1n) is 6.19. The second-order valence-electron chi connectivity index (χ2n) is 4.03. The van der Waals surface area contributed by atoms with Gasteiger partial charge in [0.2, 0.25) is 5.91 Å². The summed E-state index contributed by atoms with van der Waals surface area (Å²) in [5.74, 6) is -0.119. The number of carbonyl (C=O) groups is 1. The van der Waals surface area contributed by atoms with Crippen molar-refractivity contribution >= 4 is 27.5 Å². The van der Waals surface area contributed by atoms with Crippen LogP contribution < -0.4 is 5.32 Å². The Morgan fingerprint density at radius 3 is 2.35 bits per heavy atom. The van der Waals surface area contributed by atoms with Gasteiger partial charge in [-0.2, -0.15) is 10.5 Å². The zero-order valence-electron chi connectivity index (χ0n) is 11.0. The van der Waals surface area contributed by atoms with Crippen molar-refractivity contribution in [3.8, 4) is 12.1 Å². The minimum atomic E-state index is -0.119. The maximum atomic E-state index is 12.1. The molecule has 104 valence electrons. The number of halogens is 1. The standard InChI is InChI=1S/C14H15BrN4O/c15-12-5-1-2-6-13(12)18-11-14(20)19(9-3-7-16)10-4-8-17/h1-2,5-6,18H,3-4,9-11H2. The molecular formula is C14H15BrN4O. The molecule has 0 radical (unpaired) electrons. The number of carbonyl (C=O) groups excluding carboxylic acids is 1. The van der Waals surface area contributed by atoms with Gasteiger partial charge < -0.3 is 10.2 Å². The average Bonchev–Trinajstić information content (AvgIpc) is 2.46. The van der Waals surface area contributed by atoms with E-state index in [4.69, 9.17) is 10.5 Å². The molecule has 1 amide bonds. The van der Waals surface area contributed by atoms with Crippen molar-refractivity contribution in [1.82, 2.24) is 4.90 Å². The van der Waals surface area contributed by atoms with Gasteiger partial charge in [0.25, 0.3) is 0 Å². The SMILES string of the molecule is N#CCCN(CCC#N)C(=O)CNc1ccccc1Br. The fourth-order valence-corrected chi connectivity index (χ4v) is 2.04. The highest BCUT2D eigenvalue weighted by atomic mass is 79.9. The lowest BCUT2D eigenvalue weighted by atomic mass is 10.3. The number of nitrogens with one attached hydrogen (secondary N) is 1. The van der Waals surface area contributed by atoms with Crippen molar-refractivity contribution in [2.45, 2.75) is 12.8 Å². The highest BCUT2D eigenvalue weighted by molar-refractivity contribution is 9.10. The van der Waals surface area contributed by atoms with Crippen LogP contribution >= 0.6 is 15.9 Å². The summed E-state index contributed by atoms with van der Waals surface area (Å²) in [5, 5.41) is 20.2. The third-order valence-corrected chi connectivity index (χ3v) is 3.34. The van der Waals surface area contributed by atoms with Gasteiger partial charge in [-0.15, -0.1) is 0 Å². The molecule has 6 heteroatoms. The van der Waals surface area contributed by atoms with E-state index in [-0.39, 0.29) is 25.3 Å². The Kier molecular flexibility index (Phi) is 7.16. The van der Waals surface area contributed by atoms with Crippen LogP contribution in [0.15, 0.2) is 28.7 Å². The molecule has 0 saturated heterocycles. The van der Waals surface area contributed by atoms with Crippen molar-refractivity contribution in [3.05, 3.63) is 28.7 Å². The van der Waals surface area contributed by atoms with Crippen LogP contribution in [-0.4, -0.2) is 30.4 Å². The summed E-state index contributed by atoms with van der Waals surface area (Å²) in [5.41, 5.74) is 0.835. The number of hydrogen-bond donors (Lipinski definition) is 1. The van der Waals surface area contributed by atoms with Gasteiger partial charge in [-0.1, -0.05) is 12.1 Å². The Morgan fingerprint density at radius 1 is 1.20 bits per heavy atom.